The molecule has 0 radical (unpaired) electrons. The second-order valence-electron chi connectivity index (χ2n) is 7.31. The third-order valence-corrected chi connectivity index (χ3v) is 5.16. The summed E-state index contributed by atoms with van der Waals surface area (Å²) in [6.45, 7) is 2.37. The number of carbonyl (C=O) groups excluding carboxylic acids is 1. The molecule has 0 spiro atoms. The van der Waals surface area contributed by atoms with Crippen molar-refractivity contribution in [2.45, 2.75) is 20.0 Å². The molecule has 0 unspecified atom stereocenters. The minimum absolute atomic E-state index is 0.158. The van der Waals surface area contributed by atoms with Crippen LogP contribution in [-0.2, 0) is 17.8 Å². The molecule has 0 atom stereocenters. The Balaban J connectivity index is 1.80. The Bertz CT molecular complexity index is 1370. The summed E-state index contributed by atoms with van der Waals surface area (Å²) < 4.78 is 7.47. The summed E-state index contributed by atoms with van der Waals surface area (Å²) in [7, 11) is 1.33. The van der Waals surface area contributed by atoms with Crippen molar-refractivity contribution in [3.05, 3.63) is 110 Å². The Morgan fingerprint density at radius 1 is 0.903 bits per heavy atom. The van der Waals surface area contributed by atoms with E-state index in [9.17, 15) is 14.4 Å². The number of aromatic nitrogens is 3. The van der Waals surface area contributed by atoms with E-state index in [2.05, 4.69) is 4.98 Å². The van der Waals surface area contributed by atoms with Gasteiger partial charge in [-0.15, -0.1) is 0 Å². The molecule has 0 amide bonds. The number of fused-ring (bicyclic) bond motifs is 1. The van der Waals surface area contributed by atoms with Gasteiger partial charge in [0.15, 0.2) is 5.52 Å². The molecule has 2 aromatic heterocycles. The largest absolute Gasteiger partial charge is 0.465 e. The fraction of sp³-hybridized carbons (Fsp3) is 0.167. The lowest BCUT2D eigenvalue weighted by Crippen LogP contribution is -2.40. The zero-order valence-electron chi connectivity index (χ0n) is 17.2. The first kappa shape index (κ1) is 20.3. The zero-order chi connectivity index (χ0) is 22.0. The van der Waals surface area contributed by atoms with Gasteiger partial charge in [0.05, 0.1) is 31.3 Å². The van der Waals surface area contributed by atoms with Crippen molar-refractivity contribution in [2.75, 3.05) is 7.11 Å². The van der Waals surface area contributed by atoms with Gasteiger partial charge in [-0.2, -0.15) is 0 Å². The summed E-state index contributed by atoms with van der Waals surface area (Å²) in [5.74, 6) is -0.426. The lowest BCUT2D eigenvalue weighted by Gasteiger charge is -2.14. The van der Waals surface area contributed by atoms with Gasteiger partial charge in [0.2, 0.25) is 0 Å². The second kappa shape index (κ2) is 8.39. The van der Waals surface area contributed by atoms with Crippen molar-refractivity contribution in [3.8, 4) is 0 Å². The van der Waals surface area contributed by atoms with E-state index < -0.39 is 17.2 Å². The molecular formula is C24H21N3O4. The molecule has 0 N–H and O–H groups in total. The highest BCUT2D eigenvalue weighted by atomic mass is 16.5. The summed E-state index contributed by atoms with van der Waals surface area (Å²) >= 11 is 0. The topological polar surface area (TPSA) is 83.2 Å². The maximum absolute atomic E-state index is 13.3. The highest BCUT2D eigenvalue weighted by Gasteiger charge is 2.15. The Morgan fingerprint density at radius 2 is 1.52 bits per heavy atom. The lowest BCUT2D eigenvalue weighted by molar-refractivity contribution is 0.0600. The second-order valence-corrected chi connectivity index (χ2v) is 7.31. The minimum atomic E-state index is -0.426. The number of aryl methyl sites for hydroxylation is 1. The van der Waals surface area contributed by atoms with Gasteiger partial charge in [0.25, 0.3) is 5.56 Å². The summed E-state index contributed by atoms with van der Waals surface area (Å²) in [6.07, 6.45) is 1.54. The fourth-order valence-electron chi connectivity index (χ4n) is 3.46. The summed E-state index contributed by atoms with van der Waals surface area (Å²) in [5, 5.41) is 0. The maximum atomic E-state index is 13.3. The van der Waals surface area contributed by atoms with Crippen LogP contribution in [0.5, 0.6) is 0 Å². The fourth-order valence-corrected chi connectivity index (χ4v) is 3.46. The monoisotopic (exact) mass is 415 g/mol. The molecule has 0 saturated heterocycles. The van der Waals surface area contributed by atoms with Gasteiger partial charge in [-0.05, 0) is 42.3 Å². The van der Waals surface area contributed by atoms with Crippen molar-refractivity contribution < 1.29 is 9.53 Å². The molecule has 4 rings (SSSR count). The molecule has 0 aliphatic heterocycles. The molecule has 0 saturated carbocycles. The van der Waals surface area contributed by atoms with Gasteiger partial charge in [0.1, 0.15) is 0 Å². The Kier molecular flexibility index (Phi) is 5.49. The quantitative estimate of drug-likeness (QED) is 0.468. The Labute approximate surface area is 178 Å². The number of nitrogens with zero attached hydrogens (tertiary/aromatic N) is 3. The van der Waals surface area contributed by atoms with E-state index >= 15 is 0 Å². The van der Waals surface area contributed by atoms with Gasteiger partial charge in [-0.25, -0.2) is 14.6 Å². The van der Waals surface area contributed by atoms with Crippen LogP contribution < -0.4 is 11.2 Å². The van der Waals surface area contributed by atoms with Crippen LogP contribution in [0.3, 0.4) is 0 Å². The molecule has 2 aromatic carbocycles. The molecule has 0 aliphatic carbocycles. The number of hydrogen-bond acceptors (Lipinski definition) is 5. The lowest BCUT2D eigenvalue weighted by atomic mass is 10.1. The molecule has 4 aromatic rings. The van der Waals surface area contributed by atoms with Gasteiger partial charge in [0, 0.05) is 6.20 Å². The molecular weight excluding hydrogens is 394 g/mol. The number of rotatable bonds is 5. The normalized spacial score (nSPS) is 10.9. The highest BCUT2D eigenvalue weighted by Crippen LogP contribution is 2.11. The SMILES string of the molecule is COC(=O)c1ccc(Cn2c(=O)n(Cc3ccc(C)cc3)c(=O)c3ncccc32)cc1. The Morgan fingerprint density at radius 3 is 2.16 bits per heavy atom. The third kappa shape index (κ3) is 4.02. The van der Waals surface area contributed by atoms with Crippen LogP contribution in [0.25, 0.3) is 11.0 Å². The summed E-state index contributed by atoms with van der Waals surface area (Å²) in [6, 6.07) is 17.9. The van der Waals surface area contributed by atoms with Crippen LogP contribution in [0.4, 0.5) is 0 Å². The van der Waals surface area contributed by atoms with Crippen molar-refractivity contribution in [1.82, 2.24) is 14.1 Å². The average molecular weight is 415 g/mol. The van der Waals surface area contributed by atoms with Crippen LogP contribution in [0, 0.1) is 6.92 Å². The van der Waals surface area contributed by atoms with E-state index in [1.54, 1.807) is 42.6 Å². The molecule has 0 aliphatic rings. The van der Waals surface area contributed by atoms with E-state index in [0.717, 1.165) is 16.7 Å². The van der Waals surface area contributed by atoms with E-state index in [1.165, 1.54) is 16.2 Å². The van der Waals surface area contributed by atoms with Crippen LogP contribution >= 0.6 is 0 Å². The van der Waals surface area contributed by atoms with Crippen LogP contribution in [-0.4, -0.2) is 27.2 Å². The number of pyridine rings is 1. The molecule has 7 heteroatoms. The predicted octanol–water partition coefficient (Wildman–Crippen LogP) is 2.75. The third-order valence-electron chi connectivity index (χ3n) is 5.16. The molecule has 7 nitrogen and oxygen atoms in total. The van der Waals surface area contributed by atoms with Crippen molar-refractivity contribution >= 4 is 17.0 Å². The standard InChI is InChI=1S/C24H21N3O4/c1-16-5-7-17(8-6-16)15-27-22(28)21-20(4-3-13-25-21)26(24(27)30)14-18-9-11-19(12-10-18)23(29)31-2/h3-13H,14-15H2,1-2H3. The van der Waals surface area contributed by atoms with E-state index in [-0.39, 0.29) is 18.6 Å². The predicted molar refractivity (Wildman–Crippen MR) is 117 cm³/mol. The number of methoxy groups -OCH3 is 1. The molecule has 2 heterocycles. The zero-order valence-corrected chi connectivity index (χ0v) is 17.2. The van der Waals surface area contributed by atoms with Gasteiger partial charge >= 0.3 is 11.7 Å². The smallest absolute Gasteiger partial charge is 0.337 e. The van der Waals surface area contributed by atoms with Crippen LogP contribution in [0.2, 0.25) is 0 Å². The van der Waals surface area contributed by atoms with E-state index in [4.69, 9.17) is 4.74 Å². The highest BCUT2D eigenvalue weighted by molar-refractivity contribution is 5.89. The minimum Gasteiger partial charge on any atom is -0.465 e. The number of benzene rings is 2. The number of ether oxygens (including phenoxy) is 1. The maximum Gasteiger partial charge on any atom is 0.337 e. The number of hydrogen-bond donors (Lipinski definition) is 0. The summed E-state index contributed by atoms with van der Waals surface area (Å²) in [5.41, 5.74) is 3.06. The van der Waals surface area contributed by atoms with Crippen LogP contribution in [0.15, 0.2) is 76.4 Å². The van der Waals surface area contributed by atoms with Gasteiger partial charge in [-0.1, -0.05) is 42.0 Å². The molecule has 156 valence electrons. The first-order chi connectivity index (χ1) is 15.0. The van der Waals surface area contributed by atoms with Crippen molar-refractivity contribution in [3.63, 3.8) is 0 Å². The molecule has 31 heavy (non-hydrogen) atoms. The average Bonchev–Trinajstić information content (AvgIpc) is 2.80. The number of carbonyl (C=O) groups is 1. The summed E-state index contributed by atoms with van der Waals surface area (Å²) in [4.78, 5) is 42.2. The van der Waals surface area contributed by atoms with Gasteiger partial charge in [-0.3, -0.25) is 13.9 Å². The molecule has 0 fully saturated rings. The van der Waals surface area contributed by atoms with E-state index in [1.807, 2.05) is 31.2 Å². The first-order valence-corrected chi connectivity index (χ1v) is 9.79. The number of esters is 1. The first-order valence-electron chi connectivity index (χ1n) is 9.79. The van der Waals surface area contributed by atoms with Crippen molar-refractivity contribution in [2.24, 2.45) is 0 Å². The Hall–Kier alpha value is -4.00. The molecule has 0 bridgehead atoms. The van der Waals surface area contributed by atoms with Gasteiger partial charge < -0.3 is 4.74 Å². The van der Waals surface area contributed by atoms with E-state index in [0.29, 0.717) is 11.1 Å². The van der Waals surface area contributed by atoms with Crippen LogP contribution in [0.1, 0.15) is 27.0 Å². The van der Waals surface area contributed by atoms with Crippen molar-refractivity contribution in [1.29, 1.82) is 0 Å².